The van der Waals surface area contributed by atoms with E-state index in [1.165, 1.54) is 57.8 Å². The topological polar surface area (TPSA) is 163 Å². The van der Waals surface area contributed by atoms with Crippen LogP contribution in [0, 0.1) is 0 Å². The summed E-state index contributed by atoms with van der Waals surface area (Å²) in [6, 6.07) is 0. The summed E-state index contributed by atoms with van der Waals surface area (Å²) in [5.41, 5.74) is 0. The highest BCUT2D eigenvalue weighted by atomic mass is 32.2. The lowest BCUT2D eigenvalue weighted by Gasteiger charge is -2.24. The smallest absolute Gasteiger partial charge is 0.462 e. The number of ether oxygens (including phenoxy) is 2. The largest absolute Gasteiger partial charge is 0.472 e. The van der Waals surface area contributed by atoms with Crippen molar-refractivity contribution in [3.8, 4) is 0 Å². The Hall–Kier alpha value is -1.08. The van der Waals surface area contributed by atoms with Gasteiger partial charge in [-0.3, -0.25) is 23.2 Å². The van der Waals surface area contributed by atoms with Gasteiger partial charge in [-0.2, -0.15) is 8.42 Å². The Labute approximate surface area is 298 Å². The third-order valence-electron chi connectivity index (χ3n) is 8.19. The van der Waals surface area contributed by atoms with Crippen LogP contribution in [0.4, 0.5) is 0 Å². The van der Waals surface area contributed by atoms with E-state index >= 15 is 0 Å². The van der Waals surface area contributed by atoms with Gasteiger partial charge in [-0.15, -0.1) is 0 Å². The Morgan fingerprint density at radius 3 is 1.53 bits per heavy atom. The van der Waals surface area contributed by atoms with Gasteiger partial charge in [0.15, 0.2) is 6.10 Å². The number of phosphoric ester groups is 1. The van der Waals surface area contributed by atoms with Crippen LogP contribution in [0.1, 0.15) is 155 Å². The van der Waals surface area contributed by atoms with Crippen LogP contribution in [0.3, 0.4) is 0 Å². The average molecular weight is 745 g/mol. The van der Waals surface area contributed by atoms with Crippen LogP contribution < -0.4 is 0 Å². The van der Waals surface area contributed by atoms with Crippen LogP contribution in [-0.2, 0) is 42.8 Å². The maximum atomic E-state index is 12.5. The van der Waals surface area contributed by atoms with Gasteiger partial charge in [-0.05, 0) is 19.3 Å². The Morgan fingerprint density at radius 2 is 1.08 bits per heavy atom. The molecule has 2 unspecified atom stereocenters. The summed E-state index contributed by atoms with van der Waals surface area (Å²) in [5, 5.41) is 0. The third kappa shape index (κ3) is 36.5. The molecule has 12 nitrogen and oxygen atoms in total. The van der Waals surface area contributed by atoms with Crippen molar-refractivity contribution in [3.63, 3.8) is 0 Å². The number of hydrogen-bond acceptors (Lipinski definition) is 9. The molecule has 0 aromatic rings. The third-order valence-corrected chi connectivity index (χ3v) is 9.97. The molecule has 0 aromatic carbocycles. The van der Waals surface area contributed by atoms with E-state index in [4.69, 9.17) is 23.1 Å². The van der Waals surface area contributed by atoms with Crippen molar-refractivity contribution < 1.29 is 55.0 Å². The fourth-order valence-corrected chi connectivity index (χ4v) is 6.48. The number of hydrogen-bond donors (Lipinski definition) is 2. The van der Waals surface area contributed by atoms with Gasteiger partial charge in [0.2, 0.25) is 0 Å². The van der Waals surface area contributed by atoms with Gasteiger partial charge < -0.3 is 18.9 Å². The van der Waals surface area contributed by atoms with Crippen LogP contribution in [-0.4, -0.2) is 93.7 Å². The van der Waals surface area contributed by atoms with Crippen LogP contribution in [0.15, 0.2) is 0 Å². The molecular weight excluding hydrogens is 673 g/mol. The summed E-state index contributed by atoms with van der Waals surface area (Å²) in [4.78, 5) is 35.1. The van der Waals surface area contributed by atoms with Gasteiger partial charge in [0.1, 0.15) is 19.8 Å². The second-order valence-corrected chi connectivity index (χ2v) is 17.3. The van der Waals surface area contributed by atoms with Crippen LogP contribution in [0.5, 0.6) is 0 Å². The van der Waals surface area contributed by atoms with Gasteiger partial charge >= 0.3 is 19.8 Å². The number of phosphoric acid groups is 1. The van der Waals surface area contributed by atoms with Crippen molar-refractivity contribution >= 4 is 29.9 Å². The van der Waals surface area contributed by atoms with E-state index in [-0.39, 0.29) is 31.8 Å². The highest BCUT2D eigenvalue weighted by Crippen LogP contribution is 2.43. The van der Waals surface area contributed by atoms with Gasteiger partial charge in [-0.25, -0.2) is 4.57 Å². The molecule has 0 saturated heterocycles. The summed E-state index contributed by atoms with van der Waals surface area (Å²) in [6.45, 7) is 1.99. The van der Waals surface area contributed by atoms with Crippen molar-refractivity contribution in [3.05, 3.63) is 0 Å². The van der Waals surface area contributed by atoms with Crippen molar-refractivity contribution in [1.29, 1.82) is 0 Å². The van der Waals surface area contributed by atoms with Gasteiger partial charge in [0.05, 0.1) is 33.5 Å². The monoisotopic (exact) mass is 744 g/mol. The fraction of sp³-hybridized carbons (Fsp3) is 0.943. The quantitative estimate of drug-likeness (QED) is 0.0212. The summed E-state index contributed by atoms with van der Waals surface area (Å²) in [7, 11) is -2.53. The first-order valence-electron chi connectivity index (χ1n) is 18.9. The zero-order valence-electron chi connectivity index (χ0n) is 31.2. The van der Waals surface area contributed by atoms with Crippen molar-refractivity contribution in [1.82, 2.24) is 0 Å². The molecule has 0 spiro atoms. The number of likely N-dealkylation sites (N-methyl/N-ethyl adjacent to an activating group) is 1. The minimum absolute atomic E-state index is 0.000409. The fourth-order valence-electron chi connectivity index (χ4n) is 5.17. The molecule has 0 aliphatic rings. The zero-order chi connectivity index (χ0) is 36.9. The average Bonchev–Trinajstić information content (AvgIpc) is 3.00. The van der Waals surface area contributed by atoms with Gasteiger partial charge in [0.25, 0.3) is 10.1 Å². The normalized spacial score (nSPS) is 14.0. The second-order valence-electron chi connectivity index (χ2n) is 14.3. The van der Waals surface area contributed by atoms with E-state index in [2.05, 4.69) is 6.92 Å². The molecule has 0 rings (SSSR count). The number of carbonyl (C=O) groups excluding carboxylic acids is 2. The van der Waals surface area contributed by atoms with E-state index in [9.17, 15) is 27.5 Å². The van der Waals surface area contributed by atoms with Crippen molar-refractivity contribution in [2.75, 3.05) is 53.3 Å². The SMILES string of the molecule is CCCCCCCCCCCCCCCC(=O)OCC(COP(=O)(O)OCC[N+](C)(C)C)OC(=O)CCCCCCCCCCS(=O)(=O)O. The lowest BCUT2D eigenvalue weighted by atomic mass is 10.0. The molecule has 0 aliphatic carbocycles. The molecule has 0 fully saturated rings. The van der Waals surface area contributed by atoms with Gasteiger partial charge in [0, 0.05) is 12.8 Å². The Balaban J connectivity index is 4.42. The minimum atomic E-state index is -4.40. The predicted octanol–water partition coefficient (Wildman–Crippen LogP) is 8.16. The van der Waals surface area contributed by atoms with Crippen molar-refractivity contribution in [2.45, 2.75) is 161 Å². The number of nitrogens with zero attached hydrogens (tertiary/aromatic N) is 1. The maximum Gasteiger partial charge on any atom is 0.472 e. The molecule has 0 radical (unpaired) electrons. The van der Waals surface area contributed by atoms with Crippen molar-refractivity contribution in [2.24, 2.45) is 0 Å². The number of rotatable bonds is 35. The van der Waals surface area contributed by atoms with E-state index in [1.54, 1.807) is 0 Å². The van der Waals surface area contributed by atoms with E-state index in [0.717, 1.165) is 57.8 Å². The molecular formula is C35H71NO11PS+. The summed E-state index contributed by atoms with van der Waals surface area (Å²) >= 11 is 0. The van der Waals surface area contributed by atoms with Gasteiger partial charge in [-0.1, -0.05) is 122 Å². The summed E-state index contributed by atoms with van der Waals surface area (Å²) in [5.74, 6) is -1.13. The molecule has 49 heavy (non-hydrogen) atoms. The molecule has 14 heteroatoms. The first-order chi connectivity index (χ1) is 23.1. The lowest BCUT2D eigenvalue weighted by Crippen LogP contribution is -2.37. The number of carbonyl (C=O) groups is 2. The molecule has 0 saturated carbocycles. The van der Waals surface area contributed by atoms with Crippen LogP contribution >= 0.6 is 7.82 Å². The highest BCUT2D eigenvalue weighted by molar-refractivity contribution is 7.85. The number of unbranched alkanes of at least 4 members (excludes halogenated alkanes) is 19. The molecule has 0 aromatic heterocycles. The molecule has 2 atom stereocenters. The summed E-state index contributed by atoms with van der Waals surface area (Å²) < 4.78 is 64.2. The highest BCUT2D eigenvalue weighted by Gasteiger charge is 2.27. The number of quaternary nitrogens is 1. The Morgan fingerprint density at radius 1 is 0.653 bits per heavy atom. The molecule has 2 N–H and O–H groups in total. The zero-order valence-corrected chi connectivity index (χ0v) is 33.0. The first kappa shape index (κ1) is 47.9. The van der Waals surface area contributed by atoms with E-state index in [1.807, 2.05) is 21.1 Å². The first-order valence-corrected chi connectivity index (χ1v) is 22.0. The summed E-state index contributed by atoms with van der Waals surface area (Å²) in [6.07, 6.45) is 21.3. The maximum absolute atomic E-state index is 12.5. The minimum Gasteiger partial charge on any atom is -0.462 e. The molecule has 0 heterocycles. The number of esters is 2. The Kier molecular flexibility index (Phi) is 28.8. The molecule has 292 valence electrons. The molecule has 0 bridgehead atoms. The standard InChI is InChI=1S/C35H70NO11PS/c1-5-6-7-8-9-10-11-12-13-14-17-20-23-26-34(37)44-31-33(32-46-48(39,40)45-29-28-36(2,3)4)47-35(38)27-24-21-18-15-16-19-22-25-30-49(41,42)43/h33H,5-32H2,1-4H3,(H-,39,40,41,42,43)/p+1. The molecule has 0 aliphatic heterocycles. The molecule has 0 amide bonds. The Bertz CT molecular complexity index is 989. The van der Waals surface area contributed by atoms with Crippen LogP contribution in [0.25, 0.3) is 0 Å². The predicted molar refractivity (Wildman–Crippen MR) is 194 cm³/mol. The van der Waals surface area contributed by atoms with E-state index in [0.29, 0.717) is 30.3 Å². The van der Waals surface area contributed by atoms with Crippen LogP contribution in [0.2, 0.25) is 0 Å². The lowest BCUT2D eigenvalue weighted by molar-refractivity contribution is -0.870. The van der Waals surface area contributed by atoms with E-state index < -0.39 is 42.6 Å². The second kappa shape index (κ2) is 29.5.